The van der Waals surface area contributed by atoms with Gasteiger partial charge in [-0.1, -0.05) is 109 Å². The Bertz CT molecular complexity index is 3570. The van der Waals surface area contributed by atoms with Crippen LogP contribution < -0.4 is 9.80 Å². The second kappa shape index (κ2) is 16.3. The molecule has 11 aromatic rings. The zero-order chi connectivity index (χ0) is 44.1. The Hall–Kier alpha value is -8.41. The van der Waals surface area contributed by atoms with Crippen LogP contribution in [0.4, 0.5) is 38.5 Å². The molecular weight excluding hydrogens is 808 g/mol. The maximum Gasteiger partial charge on any atom is 0.123 e. The Labute approximate surface area is 384 Å². The van der Waals surface area contributed by atoms with Crippen molar-refractivity contribution in [3.05, 3.63) is 247 Å². The summed E-state index contributed by atoms with van der Waals surface area (Å²) in [6, 6.07) is 76.4. The molecule has 0 amide bonds. The second-order valence-electron chi connectivity index (χ2n) is 17.1. The third-order valence-corrected chi connectivity index (χ3v) is 13.1. The lowest BCUT2D eigenvalue weighted by atomic mass is 10.0. The first-order chi connectivity index (χ1) is 32.6. The Balaban J connectivity index is 0.907. The molecule has 1 aliphatic rings. The number of fused-ring (bicyclic) bond motifs is 6. The summed E-state index contributed by atoms with van der Waals surface area (Å²) < 4.78 is 19.1. The van der Waals surface area contributed by atoms with Crippen LogP contribution in [0.2, 0.25) is 0 Å². The van der Waals surface area contributed by atoms with Crippen molar-refractivity contribution in [3.63, 3.8) is 0 Å². The molecule has 1 aliphatic carbocycles. The Morgan fingerprint density at radius 1 is 0.409 bits per heavy atom. The van der Waals surface area contributed by atoms with Gasteiger partial charge in [-0.25, -0.2) is 4.39 Å². The van der Waals surface area contributed by atoms with Gasteiger partial charge in [-0.3, -0.25) is 0 Å². The minimum atomic E-state index is -0.265. The molecule has 0 N–H and O–H groups in total. The van der Waals surface area contributed by atoms with E-state index in [2.05, 4.69) is 226 Å². The molecule has 0 saturated carbocycles. The lowest BCUT2D eigenvalue weighted by Gasteiger charge is -2.26. The molecule has 0 fully saturated rings. The van der Waals surface area contributed by atoms with Gasteiger partial charge in [0.2, 0.25) is 0 Å². The Morgan fingerprint density at radius 3 is 1.45 bits per heavy atom. The number of allylic oxidation sites excluding steroid dienone is 1. The van der Waals surface area contributed by atoms with Gasteiger partial charge in [0.05, 0.1) is 16.6 Å². The first-order valence-electron chi connectivity index (χ1n) is 22.7. The summed E-state index contributed by atoms with van der Waals surface area (Å²) in [7, 11) is 0. The fourth-order valence-electron chi connectivity index (χ4n) is 9.96. The van der Waals surface area contributed by atoms with E-state index in [0.29, 0.717) is 0 Å². The van der Waals surface area contributed by atoms with Crippen LogP contribution >= 0.6 is 0 Å². The number of anilines is 6. The van der Waals surface area contributed by atoms with Gasteiger partial charge in [-0.05, 0) is 158 Å². The molecule has 0 aliphatic heterocycles. The van der Waals surface area contributed by atoms with Crippen molar-refractivity contribution in [1.82, 2.24) is 9.13 Å². The summed E-state index contributed by atoms with van der Waals surface area (Å²) in [6.45, 7) is 2.13. The van der Waals surface area contributed by atoms with E-state index >= 15 is 0 Å². The molecule has 9 aromatic carbocycles. The Morgan fingerprint density at radius 2 is 0.864 bits per heavy atom. The average Bonchev–Trinajstić information content (AvgIpc) is 3.89. The zero-order valence-corrected chi connectivity index (χ0v) is 36.5. The van der Waals surface area contributed by atoms with Crippen LogP contribution in [0.5, 0.6) is 0 Å². The summed E-state index contributed by atoms with van der Waals surface area (Å²) >= 11 is 0. The van der Waals surface area contributed by atoms with Gasteiger partial charge in [0.15, 0.2) is 0 Å². The molecule has 66 heavy (non-hydrogen) atoms. The fourth-order valence-corrected chi connectivity index (χ4v) is 9.96. The van der Waals surface area contributed by atoms with Crippen molar-refractivity contribution in [3.8, 4) is 22.5 Å². The number of benzene rings is 9. The van der Waals surface area contributed by atoms with Gasteiger partial charge in [-0.2, -0.15) is 0 Å². The highest BCUT2D eigenvalue weighted by molar-refractivity contribution is 6.10. The molecule has 0 saturated heterocycles. The summed E-state index contributed by atoms with van der Waals surface area (Å²) in [5.74, 6) is -0.265. The monoisotopic (exact) mass is 852 g/mol. The summed E-state index contributed by atoms with van der Waals surface area (Å²) in [5.41, 5.74) is 18.1. The first-order valence-corrected chi connectivity index (χ1v) is 22.7. The van der Waals surface area contributed by atoms with E-state index in [1.165, 1.54) is 50.9 Å². The van der Waals surface area contributed by atoms with Crippen molar-refractivity contribution in [2.24, 2.45) is 0 Å². The van der Waals surface area contributed by atoms with Crippen molar-refractivity contribution in [2.45, 2.75) is 19.8 Å². The summed E-state index contributed by atoms with van der Waals surface area (Å²) in [6.07, 6.45) is 6.66. The van der Waals surface area contributed by atoms with Crippen molar-refractivity contribution < 1.29 is 4.39 Å². The number of para-hydroxylation sites is 3. The number of nitrogens with zero attached hydrogens (tertiary/aromatic N) is 4. The molecule has 5 heteroatoms. The zero-order valence-electron chi connectivity index (χ0n) is 36.5. The quantitative estimate of drug-likeness (QED) is 0.144. The topological polar surface area (TPSA) is 16.3 Å². The van der Waals surface area contributed by atoms with E-state index in [0.717, 1.165) is 80.2 Å². The third-order valence-electron chi connectivity index (χ3n) is 13.1. The maximum absolute atomic E-state index is 14.4. The van der Waals surface area contributed by atoms with E-state index in [4.69, 9.17) is 0 Å². The smallest absolute Gasteiger partial charge is 0.123 e. The highest BCUT2D eigenvalue weighted by Crippen LogP contribution is 2.43. The Kier molecular flexibility index (Phi) is 9.68. The van der Waals surface area contributed by atoms with Crippen molar-refractivity contribution in [2.75, 3.05) is 9.80 Å². The highest BCUT2D eigenvalue weighted by Gasteiger charge is 2.22. The number of aryl methyl sites for hydroxylation is 1. The minimum Gasteiger partial charge on any atom is -0.313 e. The third kappa shape index (κ3) is 6.84. The molecule has 316 valence electrons. The minimum absolute atomic E-state index is 0.265. The standard InChI is InChI=1S/C61H45FN4/c1-42-20-28-48(29-21-42)63(52-36-38-60-56(40-52)54-16-8-10-18-58(54)65(60)46-12-4-2-5-13-46)49-30-22-43(23-31-49)44-24-32-50(33-25-44)64(51-34-26-45(62)27-35-51)53-37-39-61-57(41-53)55-17-9-11-19-59(55)66(61)47-14-6-3-7-15-47/h2-9,11-17,19-41H,10,18H2,1H3. The number of hydrogen-bond donors (Lipinski definition) is 0. The molecule has 0 radical (unpaired) electrons. The van der Waals surface area contributed by atoms with Crippen molar-refractivity contribution >= 4 is 72.9 Å². The SMILES string of the molecule is Cc1ccc(N(c2ccc(-c3ccc(N(c4ccc(F)cc4)c4ccc5c(c4)c4ccccc4n5-c4ccccc4)cc3)cc2)c2ccc3c(c2)c2c(n3-c3ccccc3)CCC=C2)cc1. The van der Waals surface area contributed by atoms with E-state index in [-0.39, 0.29) is 5.82 Å². The van der Waals surface area contributed by atoms with Crippen LogP contribution in [-0.2, 0) is 6.42 Å². The molecule has 4 nitrogen and oxygen atoms in total. The molecule has 0 atom stereocenters. The fraction of sp³-hybridized carbons (Fsp3) is 0.0492. The average molecular weight is 853 g/mol. The number of rotatable bonds is 9. The predicted octanol–water partition coefficient (Wildman–Crippen LogP) is 16.7. The highest BCUT2D eigenvalue weighted by atomic mass is 19.1. The van der Waals surface area contributed by atoms with Crippen LogP contribution in [0.1, 0.15) is 23.2 Å². The van der Waals surface area contributed by atoms with Crippen molar-refractivity contribution in [1.29, 1.82) is 0 Å². The maximum atomic E-state index is 14.4. The lowest BCUT2D eigenvalue weighted by molar-refractivity contribution is 0.628. The molecule has 0 spiro atoms. The van der Waals surface area contributed by atoms with Gasteiger partial charge in [0.25, 0.3) is 0 Å². The van der Waals surface area contributed by atoms with Crippen LogP contribution in [0, 0.1) is 12.7 Å². The van der Waals surface area contributed by atoms with Crippen LogP contribution in [-0.4, -0.2) is 9.13 Å². The van der Waals surface area contributed by atoms with E-state index in [1.807, 2.05) is 18.2 Å². The first kappa shape index (κ1) is 39.2. The number of hydrogen-bond acceptors (Lipinski definition) is 2. The summed E-state index contributed by atoms with van der Waals surface area (Å²) in [4.78, 5) is 4.57. The molecule has 2 aromatic heterocycles. The number of aromatic nitrogens is 2. The lowest BCUT2D eigenvalue weighted by Crippen LogP contribution is -2.10. The van der Waals surface area contributed by atoms with Crippen LogP contribution in [0.3, 0.4) is 0 Å². The number of halogens is 1. The van der Waals surface area contributed by atoms with E-state index in [9.17, 15) is 4.39 Å². The molecule has 0 unspecified atom stereocenters. The van der Waals surface area contributed by atoms with Crippen LogP contribution in [0.25, 0.3) is 61.3 Å². The van der Waals surface area contributed by atoms with Gasteiger partial charge in [0.1, 0.15) is 5.82 Å². The van der Waals surface area contributed by atoms with Gasteiger partial charge < -0.3 is 18.9 Å². The van der Waals surface area contributed by atoms with Gasteiger partial charge in [0, 0.05) is 72.9 Å². The van der Waals surface area contributed by atoms with Gasteiger partial charge >= 0.3 is 0 Å². The second-order valence-corrected chi connectivity index (χ2v) is 17.1. The molecule has 2 heterocycles. The van der Waals surface area contributed by atoms with Crippen LogP contribution in [0.15, 0.2) is 224 Å². The normalized spacial score (nSPS) is 12.2. The van der Waals surface area contributed by atoms with E-state index < -0.39 is 0 Å². The largest absolute Gasteiger partial charge is 0.313 e. The molecule has 0 bridgehead atoms. The molecule has 12 rings (SSSR count). The van der Waals surface area contributed by atoms with Gasteiger partial charge in [-0.15, -0.1) is 0 Å². The molecular formula is C61H45FN4. The summed E-state index contributed by atoms with van der Waals surface area (Å²) in [5, 5.41) is 3.58. The predicted molar refractivity (Wildman–Crippen MR) is 274 cm³/mol. The van der Waals surface area contributed by atoms with E-state index in [1.54, 1.807) is 0 Å².